The standard InChI is InChI=1S/C20H21N3O3S2/c1-14-13-19(15(2)27-14)28(25,26)23-11-9-22(10-12-23)20(24)17-5-3-7-18-16(17)6-4-8-21-18/h3-8,13H,9-12H2,1-2H3. The van der Waals surface area contributed by atoms with E-state index >= 15 is 0 Å². The number of pyridine rings is 1. The zero-order valence-corrected chi connectivity index (χ0v) is 17.4. The number of thiophene rings is 1. The Morgan fingerprint density at radius 3 is 2.50 bits per heavy atom. The molecule has 28 heavy (non-hydrogen) atoms. The Hall–Kier alpha value is -2.29. The van der Waals surface area contributed by atoms with E-state index in [1.807, 2.05) is 38.1 Å². The summed E-state index contributed by atoms with van der Waals surface area (Å²) in [5.74, 6) is -0.0850. The molecule has 0 bridgehead atoms. The predicted molar refractivity (Wildman–Crippen MR) is 110 cm³/mol. The minimum atomic E-state index is -3.52. The lowest BCUT2D eigenvalue weighted by Gasteiger charge is -2.34. The van der Waals surface area contributed by atoms with Crippen molar-refractivity contribution in [2.75, 3.05) is 26.2 Å². The van der Waals surface area contributed by atoms with E-state index < -0.39 is 10.0 Å². The molecule has 4 rings (SSSR count). The molecule has 0 radical (unpaired) electrons. The Bertz CT molecular complexity index is 1140. The van der Waals surface area contributed by atoms with Gasteiger partial charge in [0.2, 0.25) is 10.0 Å². The van der Waals surface area contributed by atoms with Crippen molar-refractivity contribution in [3.05, 3.63) is 57.9 Å². The van der Waals surface area contributed by atoms with Crippen LogP contribution in [0.2, 0.25) is 0 Å². The van der Waals surface area contributed by atoms with E-state index in [2.05, 4.69) is 4.98 Å². The van der Waals surface area contributed by atoms with Gasteiger partial charge in [0.05, 0.1) is 10.4 Å². The highest BCUT2D eigenvalue weighted by atomic mass is 32.2. The number of hydrogen-bond donors (Lipinski definition) is 0. The first-order valence-corrected chi connectivity index (χ1v) is 11.3. The summed E-state index contributed by atoms with van der Waals surface area (Å²) >= 11 is 1.49. The van der Waals surface area contributed by atoms with Crippen LogP contribution >= 0.6 is 11.3 Å². The summed E-state index contributed by atoms with van der Waals surface area (Å²) in [6.45, 7) is 5.08. The third kappa shape index (κ3) is 3.32. The fourth-order valence-electron chi connectivity index (χ4n) is 3.59. The molecule has 1 aliphatic heterocycles. The summed E-state index contributed by atoms with van der Waals surface area (Å²) in [6, 6.07) is 10.9. The van der Waals surface area contributed by atoms with Crippen LogP contribution in [0.5, 0.6) is 0 Å². The van der Waals surface area contributed by atoms with Crippen molar-refractivity contribution >= 4 is 38.2 Å². The maximum Gasteiger partial charge on any atom is 0.254 e. The molecule has 1 aromatic carbocycles. The highest BCUT2D eigenvalue weighted by Crippen LogP contribution is 2.28. The first-order valence-electron chi connectivity index (χ1n) is 9.08. The Balaban J connectivity index is 1.52. The van der Waals surface area contributed by atoms with Gasteiger partial charge in [-0.2, -0.15) is 4.31 Å². The first kappa shape index (κ1) is 19.0. The number of sulfonamides is 1. The quantitative estimate of drug-likeness (QED) is 0.659. The van der Waals surface area contributed by atoms with Crippen LogP contribution in [-0.2, 0) is 10.0 Å². The number of rotatable bonds is 3. The van der Waals surface area contributed by atoms with Gasteiger partial charge in [-0.3, -0.25) is 9.78 Å². The average molecular weight is 416 g/mol. The van der Waals surface area contributed by atoms with E-state index in [4.69, 9.17) is 0 Å². The van der Waals surface area contributed by atoms with Crippen LogP contribution in [0.3, 0.4) is 0 Å². The molecule has 1 saturated heterocycles. The van der Waals surface area contributed by atoms with Crippen LogP contribution in [0, 0.1) is 13.8 Å². The van der Waals surface area contributed by atoms with Crippen molar-refractivity contribution < 1.29 is 13.2 Å². The molecule has 0 spiro atoms. The van der Waals surface area contributed by atoms with Crippen molar-refractivity contribution in [2.24, 2.45) is 0 Å². The highest BCUT2D eigenvalue weighted by Gasteiger charge is 2.32. The van der Waals surface area contributed by atoms with E-state index in [0.29, 0.717) is 36.6 Å². The summed E-state index contributed by atoms with van der Waals surface area (Å²) in [5, 5.41) is 0.814. The first-order chi connectivity index (χ1) is 13.4. The minimum Gasteiger partial charge on any atom is -0.336 e. The number of benzene rings is 1. The SMILES string of the molecule is Cc1cc(S(=O)(=O)N2CCN(C(=O)c3cccc4ncccc34)CC2)c(C)s1. The molecule has 0 saturated carbocycles. The number of hydrogen-bond acceptors (Lipinski definition) is 5. The molecule has 146 valence electrons. The molecule has 8 heteroatoms. The topological polar surface area (TPSA) is 70.6 Å². The lowest BCUT2D eigenvalue weighted by Crippen LogP contribution is -2.50. The second-order valence-electron chi connectivity index (χ2n) is 6.85. The summed E-state index contributed by atoms with van der Waals surface area (Å²) in [5.41, 5.74) is 1.38. The van der Waals surface area contributed by atoms with Crippen LogP contribution in [-0.4, -0.2) is 54.7 Å². The van der Waals surface area contributed by atoms with Gasteiger partial charge in [0.1, 0.15) is 0 Å². The molecule has 0 atom stereocenters. The number of amides is 1. The third-order valence-corrected chi connectivity index (χ3v) is 8.14. The third-order valence-electron chi connectivity index (χ3n) is 5.02. The van der Waals surface area contributed by atoms with E-state index in [9.17, 15) is 13.2 Å². The van der Waals surface area contributed by atoms with Gasteiger partial charge in [-0.15, -0.1) is 11.3 Å². The summed E-state index contributed by atoms with van der Waals surface area (Å²) in [4.78, 5) is 21.2. The number of carbonyl (C=O) groups is 1. The molecular formula is C20H21N3O3S2. The van der Waals surface area contributed by atoms with E-state index in [-0.39, 0.29) is 5.91 Å². The molecule has 6 nitrogen and oxygen atoms in total. The largest absolute Gasteiger partial charge is 0.336 e. The molecule has 1 aliphatic rings. The van der Waals surface area contributed by atoms with Crippen LogP contribution in [0.1, 0.15) is 20.1 Å². The predicted octanol–water partition coefficient (Wildman–Crippen LogP) is 3.06. The van der Waals surface area contributed by atoms with Crippen LogP contribution in [0.25, 0.3) is 10.9 Å². The van der Waals surface area contributed by atoms with Gasteiger partial charge in [0.15, 0.2) is 0 Å². The van der Waals surface area contributed by atoms with E-state index in [1.165, 1.54) is 15.6 Å². The van der Waals surface area contributed by atoms with Gasteiger partial charge < -0.3 is 4.90 Å². The fraction of sp³-hybridized carbons (Fsp3) is 0.300. The maximum atomic E-state index is 13.0. The normalized spacial score (nSPS) is 15.9. The molecule has 3 heterocycles. The van der Waals surface area contributed by atoms with Crippen LogP contribution in [0.15, 0.2) is 47.5 Å². The number of nitrogens with zero attached hydrogens (tertiary/aromatic N) is 3. The van der Waals surface area contributed by atoms with Crippen LogP contribution < -0.4 is 0 Å². The molecule has 2 aromatic heterocycles. The number of carbonyl (C=O) groups excluding carboxylic acids is 1. The van der Waals surface area contributed by atoms with Gasteiger partial charge in [-0.05, 0) is 38.1 Å². The van der Waals surface area contributed by atoms with Gasteiger partial charge in [0, 0.05) is 53.1 Å². The zero-order valence-electron chi connectivity index (χ0n) is 15.8. The van der Waals surface area contributed by atoms with Crippen molar-refractivity contribution in [1.29, 1.82) is 0 Å². The van der Waals surface area contributed by atoms with Crippen molar-refractivity contribution in [1.82, 2.24) is 14.2 Å². The summed E-state index contributed by atoms with van der Waals surface area (Å²) in [7, 11) is -3.52. The number of aromatic nitrogens is 1. The van der Waals surface area contributed by atoms with E-state index in [1.54, 1.807) is 23.2 Å². The lowest BCUT2D eigenvalue weighted by atomic mass is 10.1. The Labute approximate surface area is 168 Å². The Kier molecular flexibility index (Phi) is 4.95. The zero-order chi connectivity index (χ0) is 19.9. The second-order valence-corrected chi connectivity index (χ2v) is 10.2. The van der Waals surface area contributed by atoms with Crippen LogP contribution in [0.4, 0.5) is 0 Å². The fourth-order valence-corrected chi connectivity index (χ4v) is 6.54. The molecule has 0 N–H and O–H groups in total. The smallest absolute Gasteiger partial charge is 0.254 e. The van der Waals surface area contributed by atoms with Crippen molar-refractivity contribution in [3.8, 4) is 0 Å². The minimum absolute atomic E-state index is 0.0850. The number of aryl methyl sites for hydroxylation is 2. The number of piperazine rings is 1. The summed E-state index contributed by atoms with van der Waals surface area (Å²) < 4.78 is 27.4. The van der Waals surface area contributed by atoms with E-state index in [0.717, 1.165) is 20.7 Å². The van der Waals surface area contributed by atoms with Gasteiger partial charge >= 0.3 is 0 Å². The summed E-state index contributed by atoms with van der Waals surface area (Å²) in [6.07, 6.45) is 1.70. The second kappa shape index (κ2) is 7.27. The molecule has 1 amide bonds. The monoisotopic (exact) mass is 415 g/mol. The van der Waals surface area contributed by atoms with Gasteiger partial charge in [-0.1, -0.05) is 12.1 Å². The molecule has 1 fully saturated rings. The Morgan fingerprint density at radius 2 is 1.82 bits per heavy atom. The average Bonchev–Trinajstić information content (AvgIpc) is 3.06. The van der Waals surface area contributed by atoms with Crippen molar-refractivity contribution in [2.45, 2.75) is 18.7 Å². The Morgan fingerprint density at radius 1 is 1.07 bits per heavy atom. The molecule has 0 unspecified atom stereocenters. The van der Waals surface area contributed by atoms with Gasteiger partial charge in [-0.25, -0.2) is 8.42 Å². The lowest BCUT2D eigenvalue weighted by molar-refractivity contribution is 0.0700. The van der Waals surface area contributed by atoms with Gasteiger partial charge in [0.25, 0.3) is 5.91 Å². The molecule has 0 aliphatic carbocycles. The van der Waals surface area contributed by atoms with Crippen molar-refractivity contribution in [3.63, 3.8) is 0 Å². The highest BCUT2D eigenvalue weighted by molar-refractivity contribution is 7.89. The maximum absolute atomic E-state index is 13.0. The molecule has 3 aromatic rings. The molecular weight excluding hydrogens is 394 g/mol. The number of fused-ring (bicyclic) bond motifs is 1.